The highest BCUT2D eigenvalue weighted by molar-refractivity contribution is 7.90. The van der Waals surface area contributed by atoms with Crippen LogP contribution in [0.25, 0.3) is 10.9 Å². The monoisotopic (exact) mass is 528 g/mol. The van der Waals surface area contributed by atoms with Crippen molar-refractivity contribution < 1.29 is 13.2 Å². The maximum absolute atomic E-state index is 13.8. The SMILES string of the molecule is CC1=NC2C=CC(N=C(N)C(=CN)C(=O)c3cc4ccc(C)cc4n3S(=O)(=O)c3ccc(C)cc3)=CC2N1. The maximum atomic E-state index is 13.8. The molecule has 0 radical (unpaired) electrons. The Morgan fingerprint density at radius 1 is 1.08 bits per heavy atom. The van der Waals surface area contributed by atoms with Crippen molar-refractivity contribution in [3.8, 4) is 0 Å². The number of ketones is 1. The third-order valence-electron chi connectivity index (χ3n) is 6.55. The van der Waals surface area contributed by atoms with Gasteiger partial charge in [-0.1, -0.05) is 35.9 Å². The fourth-order valence-corrected chi connectivity index (χ4v) is 6.12. The molecule has 0 spiro atoms. The number of carbonyl (C=O) groups excluding carboxylic acids is 1. The number of aliphatic imine (C=N–C) groups is 2. The van der Waals surface area contributed by atoms with Crippen LogP contribution in [0.2, 0.25) is 0 Å². The smallest absolute Gasteiger partial charge is 0.268 e. The summed E-state index contributed by atoms with van der Waals surface area (Å²) in [5, 5.41) is 3.84. The van der Waals surface area contributed by atoms with Crippen molar-refractivity contribution in [2.75, 3.05) is 0 Å². The minimum atomic E-state index is -4.14. The maximum Gasteiger partial charge on any atom is 0.268 e. The Morgan fingerprint density at radius 3 is 2.50 bits per heavy atom. The number of benzene rings is 2. The number of aromatic nitrogens is 1. The van der Waals surface area contributed by atoms with Gasteiger partial charge in [-0.3, -0.25) is 9.79 Å². The van der Waals surface area contributed by atoms with Gasteiger partial charge in [0, 0.05) is 11.6 Å². The van der Waals surface area contributed by atoms with Crippen molar-refractivity contribution in [1.29, 1.82) is 0 Å². The van der Waals surface area contributed by atoms with Gasteiger partial charge in [-0.05, 0) is 62.8 Å². The first-order valence-corrected chi connectivity index (χ1v) is 13.5. The first-order chi connectivity index (χ1) is 18.1. The van der Waals surface area contributed by atoms with Crippen LogP contribution in [0.4, 0.5) is 0 Å². The molecule has 2 aromatic carbocycles. The van der Waals surface area contributed by atoms with E-state index in [9.17, 15) is 13.2 Å². The molecule has 2 heterocycles. The number of hydrogen-bond acceptors (Lipinski definition) is 7. The van der Waals surface area contributed by atoms with Gasteiger partial charge in [-0.25, -0.2) is 17.4 Å². The summed E-state index contributed by atoms with van der Waals surface area (Å²) in [6, 6.07) is 13.3. The Balaban J connectivity index is 1.58. The molecule has 2 atom stereocenters. The third-order valence-corrected chi connectivity index (χ3v) is 8.29. The molecule has 5 rings (SSSR count). The molecule has 1 aliphatic heterocycles. The van der Waals surface area contributed by atoms with E-state index in [0.29, 0.717) is 16.6 Å². The van der Waals surface area contributed by atoms with Crippen molar-refractivity contribution in [3.63, 3.8) is 0 Å². The molecular weight excluding hydrogens is 500 g/mol. The van der Waals surface area contributed by atoms with Gasteiger partial charge in [-0.15, -0.1) is 0 Å². The lowest BCUT2D eigenvalue weighted by Crippen LogP contribution is -2.33. The second kappa shape index (κ2) is 9.46. The zero-order valence-electron chi connectivity index (χ0n) is 21.2. The zero-order chi connectivity index (χ0) is 27.2. The normalized spacial score (nSPS) is 19.7. The van der Waals surface area contributed by atoms with Crippen molar-refractivity contribution >= 4 is 38.4 Å². The largest absolute Gasteiger partial charge is 0.404 e. The fraction of sp³-hybridized carbons (Fsp3) is 0.179. The lowest BCUT2D eigenvalue weighted by molar-refractivity contribution is 0.103. The highest BCUT2D eigenvalue weighted by Crippen LogP contribution is 2.29. The van der Waals surface area contributed by atoms with E-state index in [2.05, 4.69) is 15.3 Å². The molecule has 0 saturated heterocycles. The molecule has 2 aliphatic rings. The zero-order valence-corrected chi connectivity index (χ0v) is 22.0. The van der Waals surface area contributed by atoms with Crippen LogP contribution in [0.1, 0.15) is 28.5 Å². The molecule has 1 aliphatic carbocycles. The molecule has 0 bridgehead atoms. The average molecular weight is 529 g/mol. The Morgan fingerprint density at radius 2 is 1.79 bits per heavy atom. The van der Waals surface area contributed by atoms with E-state index in [4.69, 9.17) is 11.5 Å². The minimum Gasteiger partial charge on any atom is -0.404 e. The van der Waals surface area contributed by atoms with Crippen molar-refractivity contribution in [1.82, 2.24) is 9.29 Å². The molecular formula is C28H28N6O3S. The van der Waals surface area contributed by atoms with Gasteiger partial charge in [0.25, 0.3) is 10.0 Å². The van der Waals surface area contributed by atoms with Crippen LogP contribution < -0.4 is 16.8 Å². The van der Waals surface area contributed by atoms with Crippen LogP contribution in [0.5, 0.6) is 0 Å². The molecule has 0 amide bonds. The van der Waals surface area contributed by atoms with Crippen LogP contribution in [0, 0.1) is 13.8 Å². The van der Waals surface area contributed by atoms with Gasteiger partial charge in [0.05, 0.1) is 39.6 Å². The summed E-state index contributed by atoms with van der Waals surface area (Å²) in [5.74, 6) is 0.0487. The van der Waals surface area contributed by atoms with Gasteiger partial charge in [-0.2, -0.15) is 0 Å². The Labute approximate surface area is 221 Å². The van der Waals surface area contributed by atoms with E-state index >= 15 is 0 Å². The lowest BCUT2D eigenvalue weighted by atomic mass is 10.0. The average Bonchev–Trinajstić information content (AvgIpc) is 3.44. The van der Waals surface area contributed by atoms with E-state index in [1.54, 1.807) is 30.3 Å². The van der Waals surface area contributed by atoms with Gasteiger partial charge in [0.1, 0.15) is 11.5 Å². The van der Waals surface area contributed by atoms with E-state index in [1.165, 1.54) is 18.2 Å². The Bertz CT molecular complexity index is 1720. The van der Waals surface area contributed by atoms with Gasteiger partial charge >= 0.3 is 0 Å². The molecule has 1 aromatic heterocycles. The lowest BCUT2D eigenvalue weighted by Gasteiger charge is -2.17. The molecule has 38 heavy (non-hydrogen) atoms. The summed E-state index contributed by atoms with van der Waals surface area (Å²) in [5.41, 5.74) is 14.6. The van der Waals surface area contributed by atoms with Crippen LogP contribution in [-0.4, -0.2) is 41.9 Å². The van der Waals surface area contributed by atoms with Gasteiger partial charge in [0.15, 0.2) is 0 Å². The van der Waals surface area contributed by atoms with Crippen LogP contribution >= 0.6 is 0 Å². The number of carbonyl (C=O) groups is 1. The number of nitrogens with one attached hydrogen (secondary N) is 1. The number of nitrogens with zero attached hydrogens (tertiary/aromatic N) is 3. The van der Waals surface area contributed by atoms with E-state index in [0.717, 1.165) is 27.1 Å². The second-order valence-corrected chi connectivity index (χ2v) is 11.2. The fourth-order valence-electron chi connectivity index (χ4n) is 4.62. The topological polar surface area (TPSA) is 145 Å². The first-order valence-electron chi connectivity index (χ1n) is 12.0. The summed E-state index contributed by atoms with van der Waals surface area (Å²) in [7, 11) is -4.14. The van der Waals surface area contributed by atoms with E-state index in [-0.39, 0.29) is 34.1 Å². The molecule has 0 saturated carbocycles. The highest BCUT2D eigenvalue weighted by atomic mass is 32.2. The second-order valence-electron chi connectivity index (χ2n) is 9.41. The molecule has 10 heteroatoms. The highest BCUT2D eigenvalue weighted by Gasteiger charge is 2.30. The molecule has 5 N–H and O–H groups in total. The quantitative estimate of drug-likeness (QED) is 0.194. The summed E-state index contributed by atoms with van der Waals surface area (Å²) in [4.78, 5) is 22.8. The van der Waals surface area contributed by atoms with E-state index in [1.807, 2.05) is 39.0 Å². The van der Waals surface area contributed by atoms with Crippen molar-refractivity contribution in [2.24, 2.45) is 21.5 Å². The number of Topliss-reactive ketones (excluding diaryl/α,β-unsaturated/α-hetero) is 1. The molecule has 9 nitrogen and oxygen atoms in total. The molecule has 194 valence electrons. The van der Waals surface area contributed by atoms with Crippen LogP contribution in [-0.2, 0) is 10.0 Å². The summed E-state index contributed by atoms with van der Waals surface area (Å²) >= 11 is 0. The van der Waals surface area contributed by atoms with Gasteiger partial charge < -0.3 is 16.8 Å². The van der Waals surface area contributed by atoms with Gasteiger partial charge in [0.2, 0.25) is 5.78 Å². The van der Waals surface area contributed by atoms with Crippen molar-refractivity contribution in [3.05, 3.63) is 101 Å². The molecule has 0 fully saturated rings. The Hall–Kier alpha value is -4.44. The number of amidine groups is 2. The van der Waals surface area contributed by atoms with E-state index < -0.39 is 15.8 Å². The molecule has 2 unspecified atom stereocenters. The number of rotatable bonds is 6. The number of nitrogens with two attached hydrogens (primary N) is 2. The van der Waals surface area contributed by atoms with Crippen molar-refractivity contribution in [2.45, 2.75) is 37.8 Å². The van der Waals surface area contributed by atoms with Crippen LogP contribution in [0.3, 0.4) is 0 Å². The Kier molecular flexibility index (Phi) is 6.28. The summed E-state index contributed by atoms with van der Waals surface area (Å²) in [6.45, 7) is 5.61. The number of hydrogen-bond donors (Lipinski definition) is 3. The summed E-state index contributed by atoms with van der Waals surface area (Å²) in [6.07, 6.45) is 6.61. The van der Waals surface area contributed by atoms with Crippen LogP contribution in [0.15, 0.2) is 99.1 Å². The molecule has 3 aromatic rings. The predicted molar refractivity (Wildman–Crippen MR) is 150 cm³/mol. The summed E-state index contributed by atoms with van der Waals surface area (Å²) < 4.78 is 28.8. The standard InChI is InChI=1S/C28H28N6O3S/c1-16-5-9-21(10-6-16)38(36,37)34-25-12-17(2)4-7-19(25)13-26(34)27(35)22(15-29)28(30)33-20-8-11-23-24(14-20)32-18(3)31-23/h4-15,23-24H,29H2,1-3H3,(H2,30,33)(H,31,32). The minimum absolute atomic E-state index is 0.0209. The number of fused-ring (bicyclic) bond motifs is 2. The first kappa shape index (κ1) is 25.2. The number of aryl methyl sites for hydroxylation is 2. The number of allylic oxidation sites excluding steroid dienone is 1. The third kappa shape index (κ3) is 4.43. The predicted octanol–water partition coefficient (Wildman–Crippen LogP) is 3.09.